The van der Waals surface area contributed by atoms with Gasteiger partial charge in [-0.05, 0) is 19.1 Å². The summed E-state index contributed by atoms with van der Waals surface area (Å²) in [5, 5.41) is 6.50. The highest BCUT2D eigenvalue weighted by Crippen LogP contribution is 2.31. The number of benzene rings is 1. The molecule has 138 valence electrons. The van der Waals surface area contributed by atoms with E-state index >= 15 is 0 Å². The predicted octanol–water partition coefficient (Wildman–Crippen LogP) is 2.02. The van der Waals surface area contributed by atoms with Gasteiger partial charge in [0.05, 0.1) is 24.8 Å². The normalized spacial score (nSPS) is 25.7. The number of nitrogens with one attached hydrogen (secondary N) is 2. The monoisotopic (exact) mass is 387 g/mol. The lowest BCUT2D eigenvalue weighted by atomic mass is 10.0. The fourth-order valence-electron chi connectivity index (χ4n) is 3.26. The topological polar surface area (TPSA) is 53.6 Å². The first-order chi connectivity index (χ1) is 12.1. The second-order valence-electron chi connectivity index (χ2n) is 6.34. The summed E-state index contributed by atoms with van der Waals surface area (Å²) in [7, 11) is 0. The van der Waals surface area contributed by atoms with Crippen LogP contribution in [-0.2, 0) is 9.53 Å². The molecule has 0 unspecified atom stereocenters. The molecular formula is C17H23ClFN3O2S. The molecule has 1 amide bonds. The maximum atomic E-state index is 14.5. The zero-order valence-corrected chi connectivity index (χ0v) is 15.7. The number of thioether (sulfide) groups is 1. The van der Waals surface area contributed by atoms with Crippen LogP contribution in [0.4, 0.5) is 4.39 Å². The highest BCUT2D eigenvalue weighted by Gasteiger charge is 2.30. The van der Waals surface area contributed by atoms with Crippen molar-refractivity contribution in [2.75, 3.05) is 37.9 Å². The Labute approximate surface area is 156 Å². The van der Waals surface area contributed by atoms with Crippen LogP contribution in [-0.4, -0.2) is 60.8 Å². The van der Waals surface area contributed by atoms with Gasteiger partial charge >= 0.3 is 0 Å². The average molecular weight is 388 g/mol. The first-order valence-corrected chi connectivity index (χ1v) is 9.98. The lowest BCUT2D eigenvalue weighted by molar-refractivity contribution is -0.122. The lowest BCUT2D eigenvalue weighted by Crippen LogP contribution is -2.49. The number of carbonyl (C=O) groups is 1. The summed E-state index contributed by atoms with van der Waals surface area (Å²) in [6.07, 6.45) is 0.0606. The minimum absolute atomic E-state index is 0.0521. The van der Waals surface area contributed by atoms with Crippen molar-refractivity contribution in [2.45, 2.75) is 25.1 Å². The van der Waals surface area contributed by atoms with Gasteiger partial charge < -0.3 is 10.1 Å². The Morgan fingerprint density at radius 2 is 2.44 bits per heavy atom. The molecule has 2 heterocycles. The van der Waals surface area contributed by atoms with Gasteiger partial charge in [0, 0.05) is 41.8 Å². The largest absolute Gasteiger partial charge is 0.376 e. The van der Waals surface area contributed by atoms with Gasteiger partial charge in [0.2, 0.25) is 5.91 Å². The van der Waals surface area contributed by atoms with E-state index in [2.05, 4.69) is 15.5 Å². The fourth-order valence-corrected chi connectivity index (χ4v) is 4.49. The number of halogens is 2. The molecule has 1 aromatic carbocycles. The van der Waals surface area contributed by atoms with Gasteiger partial charge in [-0.2, -0.15) is 0 Å². The van der Waals surface area contributed by atoms with E-state index in [9.17, 15) is 9.18 Å². The van der Waals surface area contributed by atoms with E-state index in [0.717, 1.165) is 11.6 Å². The quantitative estimate of drug-likeness (QED) is 0.809. The zero-order valence-electron chi connectivity index (χ0n) is 14.1. The number of amides is 1. The third-order valence-electron chi connectivity index (χ3n) is 4.55. The Morgan fingerprint density at radius 3 is 3.12 bits per heavy atom. The molecule has 5 nitrogen and oxygen atoms in total. The highest BCUT2D eigenvalue weighted by molar-refractivity contribution is 7.99. The fraction of sp³-hybridized carbons (Fsp3) is 0.588. The Morgan fingerprint density at radius 1 is 1.60 bits per heavy atom. The van der Waals surface area contributed by atoms with Gasteiger partial charge in [0.1, 0.15) is 5.82 Å². The minimum Gasteiger partial charge on any atom is -0.376 e. The van der Waals surface area contributed by atoms with E-state index in [-0.39, 0.29) is 29.9 Å². The number of hydrogen-bond donors (Lipinski definition) is 2. The van der Waals surface area contributed by atoms with Crippen molar-refractivity contribution < 1.29 is 13.9 Å². The Balaban J connectivity index is 1.77. The maximum Gasteiger partial charge on any atom is 0.238 e. The molecule has 8 heteroatoms. The van der Waals surface area contributed by atoms with E-state index in [1.165, 1.54) is 6.07 Å². The van der Waals surface area contributed by atoms with Crippen molar-refractivity contribution >= 4 is 29.3 Å². The van der Waals surface area contributed by atoms with Gasteiger partial charge in [-0.15, -0.1) is 11.8 Å². The van der Waals surface area contributed by atoms with Gasteiger partial charge in [0.25, 0.3) is 0 Å². The number of morpholine rings is 1. The molecule has 2 aliphatic rings. The number of ether oxygens (including phenoxy) is 1. The van der Waals surface area contributed by atoms with E-state index in [1.54, 1.807) is 23.9 Å². The molecular weight excluding hydrogens is 365 g/mol. The molecule has 1 aromatic rings. The van der Waals surface area contributed by atoms with Crippen LogP contribution in [0.1, 0.15) is 18.5 Å². The predicted molar refractivity (Wildman–Crippen MR) is 98.4 cm³/mol. The van der Waals surface area contributed by atoms with Crippen molar-refractivity contribution in [1.82, 2.24) is 15.5 Å². The van der Waals surface area contributed by atoms with E-state index in [4.69, 9.17) is 16.3 Å². The van der Waals surface area contributed by atoms with Crippen LogP contribution in [0, 0.1) is 5.82 Å². The number of nitrogens with zero attached hydrogens (tertiary/aromatic N) is 1. The SMILES string of the molecule is C[C@H]1CN([C@H](CNC(=O)[C@H]2CSCN2)c2c(F)cccc2Cl)CCO1. The van der Waals surface area contributed by atoms with Crippen molar-refractivity contribution in [3.63, 3.8) is 0 Å². The van der Waals surface area contributed by atoms with E-state index in [0.29, 0.717) is 36.8 Å². The van der Waals surface area contributed by atoms with Crippen molar-refractivity contribution in [3.8, 4) is 0 Å². The first-order valence-electron chi connectivity index (χ1n) is 8.44. The number of carbonyl (C=O) groups excluding carboxylic acids is 1. The molecule has 0 aliphatic carbocycles. The molecule has 2 N–H and O–H groups in total. The van der Waals surface area contributed by atoms with Gasteiger partial charge in [0.15, 0.2) is 0 Å². The lowest BCUT2D eigenvalue weighted by Gasteiger charge is -2.38. The number of rotatable bonds is 5. The number of hydrogen-bond acceptors (Lipinski definition) is 5. The molecule has 0 bridgehead atoms. The summed E-state index contributed by atoms with van der Waals surface area (Å²) < 4.78 is 20.1. The van der Waals surface area contributed by atoms with Crippen molar-refractivity contribution in [3.05, 3.63) is 34.6 Å². The zero-order chi connectivity index (χ0) is 17.8. The molecule has 0 spiro atoms. The molecule has 25 heavy (non-hydrogen) atoms. The molecule has 2 saturated heterocycles. The standard InChI is InChI=1S/C17H23ClFN3O2S/c1-11-8-22(5-6-24-11)15(16-12(18)3-2-4-13(16)19)7-20-17(23)14-9-25-10-21-14/h2-4,11,14-15,21H,5-10H2,1H3,(H,20,23)/t11-,14+,15+/m0/s1. The van der Waals surface area contributed by atoms with Crippen LogP contribution < -0.4 is 10.6 Å². The summed E-state index contributed by atoms with van der Waals surface area (Å²) >= 11 is 7.99. The van der Waals surface area contributed by atoms with Gasteiger partial charge in [-0.3, -0.25) is 15.0 Å². The summed E-state index contributed by atoms with van der Waals surface area (Å²) in [4.78, 5) is 14.5. The summed E-state index contributed by atoms with van der Waals surface area (Å²) in [6, 6.07) is 4.19. The molecule has 3 rings (SSSR count). The maximum absolute atomic E-state index is 14.5. The smallest absolute Gasteiger partial charge is 0.238 e. The third-order valence-corrected chi connectivity index (χ3v) is 5.82. The molecule has 2 fully saturated rings. The first kappa shape index (κ1) is 18.9. The molecule has 0 aromatic heterocycles. The van der Waals surface area contributed by atoms with Crippen LogP contribution in [0.25, 0.3) is 0 Å². The second kappa shape index (κ2) is 8.68. The van der Waals surface area contributed by atoms with E-state index < -0.39 is 0 Å². The third kappa shape index (κ3) is 4.65. The van der Waals surface area contributed by atoms with Crippen LogP contribution in [0.15, 0.2) is 18.2 Å². The minimum atomic E-state index is -0.347. The summed E-state index contributed by atoms with van der Waals surface area (Å²) in [5.74, 6) is 1.14. The highest BCUT2D eigenvalue weighted by atomic mass is 35.5. The Hall–Kier alpha value is -0.860. The Bertz CT molecular complexity index is 595. The molecule has 0 radical (unpaired) electrons. The summed E-state index contributed by atoms with van der Waals surface area (Å²) in [5.41, 5.74) is 0.437. The van der Waals surface area contributed by atoms with Crippen molar-refractivity contribution in [1.29, 1.82) is 0 Å². The summed E-state index contributed by atoms with van der Waals surface area (Å²) in [6.45, 7) is 4.23. The molecule has 2 aliphatic heterocycles. The van der Waals surface area contributed by atoms with Gasteiger partial charge in [-0.1, -0.05) is 17.7 Å². The van der Waals surface area contributed by atoms with Crippen LogP contribution in [0.3, 0.4) is 0 Å². The van der Waals surface area contributed by atoms with E-state index in [1.807, 2.05) is 6.92 Å². The van der Waals surface area contributed by atoms with Crippen LogP contribution in [0.5, 0.6) is 0 Å². The van der Waals surface area contributed by atoms with Crippen LogP contribution >= 0.6 is 23.4 Å². The Kier molecular flexibility index (Phi) is 6.57. The van der Waals surface area contributed by atoms with Gasteiger partial charge in [-0.25, -0.2) is 4.39 Å². The second-order valence-corrected chi connectivity index (χ2v) is 7.78. The van der Waals surface area contributed by atoms with Crippen molar-refractivity contribution in [2.24, 2.45) is 0 Å². The average Bonchev–Trinajstić information content (AvgIpc) is 3.12. The van der Waals surface area contributed by atoms with Crippen LogP contribution in [0.2, 0.25) is 5.02 Å². The molecule has 0 saturated carbocycles. The molecule has 3 atom stereocenters.